The van der Waals surface area contributed by atoms with E-state index in [9.17, 15) is 18.0 Å². The summed E-state index contributed by atoms with van der Waals surface area (Å²) in [7, 11) is 0. The van der Waals surface area contributed by atoms with E-state index in [1.807, 2.05) is 21.9 Å². The van der Waals surface area contributed by atoms with Gasteiger partial charge in [0.2, 0.25) is 5.91 Å². The fourth-order valence-electron chi connectivity index (χ4n) is 5.75. The molecule has 1 saturated carbocycles. The van der Waals surface area contributed by atoms with E-state index in [1.165, 1.54) is 17.7 Å². The van der Waals surface area contributed by atoms with Crippen molar-refractivity contribution in [3.05, 3.63) is 64.7 Å². The minimum Gasteiger partial charge on any atom is -0.368 e. The smallest absolute Gasteiger partial charge is 0.368 e. The second-order valence-electron chi connectivity index (χ2n) is 10.8. The van der Waals surface area contributed by atoms with Gasteiger partial charge in [0.05, 0.1) is 12.1 Å². The molecule has 1 aliphatic heterocycles. The van der Waals surface area contributed by atoms with Gasteiger partial charge in [-0.1, -0.05) is 43.6 Å². The van der Waals surface area contributed by atoms with Crippen LogP contribution in [0.1, 0.15) is 44.2 Å². The SMILES string of the molecule is CC(C)C1CCC(NCC(=O)N2CCN(c3cccc(C(F)(F)F)c3)CC2)C(Cc2ccc(Cl)cc2)C1. The highest BCUT2D eigenvalue weighted by molar-refractivity contribution is 6.30. The molecule has 0 spiro atoms. The van der Waals surface area contributed by atoms with Crippen LogP contribution in [0, 0.1) is 17.8 Å². The predicted molar refractivity (Wildman–Crippen MR) is 143 cm³/mol. The molecule has 202 valence electrons. The number of alkyl halides is 3. The van der Waals surface area contributed by atoms with Gasteiger partial charge in [-0.15, -0.1) is 0 Å². The number of amides is 1. The first-order valence-electron chi connectivity index (χ1n) is 13.3. The topological polar surface area (TPSA) is 35.6 Å². The van der Waals surface area contributed by atoms with Crippen LogP contribution < -0.4 is 10.2 Å². The Morgan fingerprint density at radius 2 is 1.76 bits per heavy atom. The number of carbonyl (C=O) groups is 1. The Kier molecular flexibility index (Phi) is 9.07. The van der Waals surface area contributed by atoms with Gasteiger partial charge in [-0.2, -0.15) is 13.2 Å². The Hall–Kier alpha value is -2.25. The molecule has 1 N–H and O–H groups in total. The van der Waals surface area contributed by atoms with Crippen LogP contribution in [-0.2, 0) is 17.4 Å². The number of nitrogens with zero attached hydrogens (tertiary/aromatic N) is 2. The van der Waals surface area contributed by atoms with Crippen molar-refractivity contribution in [3.63, 3.8) is 0 Å². The van der Waals surface area contributed by atoms with E-state index in [0.717, 1.165) is 36.8 Å². The Morgan fingerprint density at radius 1 is 1.05 bits per heavy atom. The van der Waals surface area contributed by atoms with Gasteiger partial charge < -0.3 is 15.1 Å². The number of carbonyl (C=O) groups excluding carboxylic acids is 1. The Labute approximate surface area is 223 Å². The first kappa shape index (κ1) is 27.8. The first-order chi connectivity index (χ1) is 17.6. The van der Waals surface area contributed by atoms with Crippen molar-refractivity contribution in [1.29, 1.82) is 0 Å². The lowest BCUT2D eigenvalue weighted by Crippen LogP contribution is -2.52. The molecular weight excluding hydrogens is 499 g/mol. The van der Waals surface area contributed by atoms with Gasteiger partial charge in [0.15, 0.2) is 0 Å². The second-order valence-corrected chi connectivity index (χ2v) is 11.2. The summed E-state index contributed by atoms with van der Waals surface area (Å²) in [5.41, 5.74) is 1.17. The molecule has 3 unspecified atom stereocenters. The maximum Gasteiger partial charge on any atom is 0.416 e. The predicted octanol–water partition coefficient (Wildman–Crippen LogP) is 6.28. The van der Waals surface area contributed by atoms with Crippen molar-refractivity contribution in [2.75, 3.05) is 37.6 Å². The zero-order valence-corrected chi connectivity index (χ0v) is 22.4. The van der Waals surface area contributed by atoms with Gasteiger partial charge in [-0.25, -0.2) is 0 Å². The quantitative estimate of drug-likeness (QED) is 0.453. The third-order valence-electron chi connectivity index (χ3n) is 8.06. The molecule has 1 amide bonds. The van der Waals surface area contributed by atoms with Crippen molar-refractivity contribution < 1.29 is 18.0 Å². The summed E-state index contributed by atoms with van der Waals surface area (Å²) in [6.07, 6.45) is -0.0447. The van der Waals surface area contributed by atoms with Gasteiger partial charge in [0, 0.05) is 42.9 Å². The third-order valence-corrected chi connectivity index (χ3v) is 8.32. The molecule has 0 bridgehead atoms. The molecule has 8 heteroatoms. The van der Waals surface area contributed by atoms with Crippen LogP contribution in [0.4, 0.5) is 18.9 Å². The van der Waals surface area contributed by atoms with Crippen molar-refractivity contribution in [3.8, 4) is 0 Å². The van der Waals surface area contributed by atoms with Gasteiger partial charge in [-0.3, -0.25) is 4.79 Å². The average Bonchev–Trinajstić information content (AvgIpc) is 2.88. The number of rotatable bonds is 7. The third kappa shape index (κ3) is 7.41. The molecule has 0 radical (unpaired) electrons. The molecule has 2 fully saturated rings. The molecule has 1 aliphatic carbocycles. The van der Waals surface area contributed by atoms with Gasteiger partial charge >= 0.3 is 6.18 Å². The van der Waals surface area contributed by atoms with E-state index in [4.69, 9.17) is 11.6 Å². The lowest BCUT2D eigenvalue weighted by molar-refractivity contribution is -0.137. The van der Waals surface area contributed by atoms with Crippen LogP contribution in [0.2, 0.25) is 5.02 Å². The van der Waals surface area contributed by atoms with Crippen molar-refractivity contribution in [2.24, 2.45) is 17.8 Å². The highest BCUT2D eigenvalue weighted by atomic mass is 35.5. The van der Waals surface area contributed by atoms with E-state index in [1.54, 1.807) is 6.07 Å². The zero-order valence-electron chi connectivity index (χ0n) is 21.6. The number of benzene rings is 2. The van der Waals surface area contributed by atoms with E-state index in [0.29, 0.717) is 49.6 Å². The minimum absolute atomic E-state index is 0.0555. The molecule has 3 atom stereocenters. The fraction of sp³-hybridized carbons (Fsp3) is 0.552. The maximum absolute atomic E-state index is 13.1. The van der Waals surface area contributed by atoms with Crippen molar-refractivity contribution in [1.82, 2.24) is 10.2 Å². The first-order valence-corrected chi connectivity index (χ1v) is 13.7. The lowest BCUT2D eigenvalue weighted by atomic mass is 9.71. The summed E-state index contributed by atoms with van der Waals surface area (Å²) < 4.78 is 39.3. The lowest BCUT2D eigenvalue weighted by Gasteiger charge is -2.39. The van der Waals surface area contributed by atoms with Crippen molar-refractivity contribution >= 4 is 23.2 Å². The fourth-order valence-corrected chi connectivity index (χ4v) is 5.87. The molecule has 2 aliphatic rings. The van der Waals surface area contributed by atoms with Gasteiger partial charge in [0.25, 0.3) is 0 Å². The molecule has 0 aromatic heterocycles. The van der Waals surface area contributed by atoms with E-state index in [-0.39, 0.29) is 18.5 Å². The normalized spacial score (nSPS) is 22.9. The minimum atomic E-state index is -4.36. The Balaban J connectivity index is 1.31. The van der Waals surface area contributed by atoms with E-state index < -0.39 is 11.7 Å². The number of piperazine rings is 1. The number of nitrogens with one attached hydrogen (secondary N) is 1. The molecule has 4 nitrogen and oxygen atoms in total. The van der Waals surface area contributed by atoms with Gasteiger partial charge in [-0.05, 0) is 79.3 Å². The summed E-state index contributed by atoms with van der Waals surface area (Å²) in [6, 6.07) is 13.7. The highest BCUT2D eigenvalue weighted by Gasteiger charge is 2.33. The molecule has 37 heavy (non-hydrogen) atoms. The largest absolute Gasteiger partial charge is 0.416 e. The summed E-state index contributed by atoms with van der Waals surface area (Å²) in [5, 5.41) is 4.31. The molecular formula is C29H37ClF3N3O. The monoisotopic (exact) mass is 535 g/mol. The summed E-state index contributed by atoms with van der Waals surface area (Å²) in [6.45, 7) is 6.92. The average molecular weight is 536 g/mol. The Morgan fingerprint density at radius 3 is 2.41 bits per heavy atom. The number of halogens is 4. The Bertz CT molecular complexity index is 1040. The summed E-state index contributed by atoms with van der Waals surface area (Å²) in [4.78, 5) is 16.8. The van der Waals surface area contributed by atoms with E-state index in [2.05, 4.69) is 31.3 Å². The highest BCUT2D eigenvalue weighted by Crippen LogP contribution is 2.36. The van der Waals surface area contributed by atoms with Crippen molar-refractivity contribution in [2.45, 2.75) is 51.7 Å². The van der Waals surface area contributed by atoms with Crippen LogP contribution in [0.25, 0.3) is 0 Å². The summed E-state index contributed by atoms with van der Waals surface area (Å²) in [5.74, 6) is 1.84. The van der Waals surface area contributed by atoms with Crippen LogP contribution in [0.15, 0.2) is 48.5 Å². The van der Waals surface area contributed by atoms with Crippen LogP contribution >= 0.6 is 11.6 Å². The standard InChI is InChI=1S/C29H37ClF3N3O/c1-20(2)22-8-11-27(23(17-22)16-21-6-9-25(30)10-7-21)34-19-28(37)36-14-12-35(13-15-36)26-5-3-4-24(18-26)29(31,32)33/h3-7,9-10,18,20,22-23,27,34H,8,11-17,19H2,1-2H3. The molecule has 1 heterocycles. The van der Waals surface area contributed by atoms with Gasteiger partial charge in [0.1, 0.15) is 0 Å². The number of anilines is 1. The van der Waals surface area contributed by atoms with Crippen LogP contribution in [-0.4, -0.2) is 49.6 Å². The maximum atomic E-state index is 13.1. The summed E-state index contributed by atoms with van der Waals surface area (Å²) >= 11 is 6.07. The second kappa shape index (κ2) is 12.1. The molecule has 2 aromatic carbocycles. The molecule has 1 saturated heterocycles. The van der Waals surface area contributed by atoms with Crippen LogP contribution in [0.3, 0.4) is 0 Å². The number of hydrogen-bond acceptors (Lipinski definition) is 3. The van der Waals surface area contributed by atoms with E-state index >= 15 is 0 Å². The molecule has 2 aromatic rings. The zero-order chi connectivity index (χ0) is 26.6. The molecule has 4 rings (SSSR count). The van der Waals surface area contributed by atoms with Crippen LogP contribution in [0.5, 0.6) is 0 Å². The number of hydrogen-bond donors (Lipinski definition) is 1.